The number of carbonyl (C=O) groups excluding carboxylic acids is 2. The van der Waals surface area contributed by atoms with Crippen molar-refractivity contribution < 1.29 is 35.9 Å². The predicted molar refractivity (Wildman–Crippen MR) is 51.5 cm³/mol. The van der Waals surface area contributed by atoms with Gasteiger partial charge in [0.25, 0.3) is 0 Å². The molecule has 2 nitrogen and oxygen atoms in total. The number of rotatable bonds is 3. The first kappa shape index (κ1) is 15.2. The van der Waals surface area contributed by atoms with Crippen LogP contribution >= 0.6 is 0 Å². The minimum Gasteiger partial charge on any atom is -0.294 e. The summed E-state index contributed by atoms with van der Waals surface area (Å²) < 4.78 is 72.7. The Morgan fingerprint density at radius 2 is 1.58 bits per heavy atom. The third-order valence-electron chi connectivity index (χ3n) is 2.15. The highest BCUT2D eigenvalue weighted by Crippen LogP contribution is 2.30. The number of Topliss-reactive ketones (excluding diaryl/α,β-unsaturated/α-hetero) is 2. The Morgan fingerprint density at radius 3 is 2.05 bits per heavy atom. The van der Waals surface area contributed by atoms with Crippen LogP contribution in [0.5, 0.6) is 0 Å². The van der Waals surface area contributed by atoms with Crippen molar-refractivity contribution >= 4 is 11.6 Å². The van der Waals surface area contributed by atoms with E-state index in [0.29, 0.717) is 12.1 Å². The van der Waals surface area contributed by atoms with Crippen LogP contribution < -0.4 is 0 Å². The largest absolute Gasteiger partial charge is 0.450 e. The fourth-order valence-corrected chi connectivity index (χ4v) is 1.22. The number of hydrogen-bond donors (Lipinski definition) is 0. The van der Waals surface area contributed by atoms with Gasteiger partial charge >= 0.3 is 12.4 Å². The van der Waals surface area contributed by atoms with Crippen LogP contribution in [0.2, 0.25) is 0 Å². The molecule has 0 aliphatic carbocycles. The molecule has 0 spiro atoms. The zero-order chi connectivity index (χ0) is 14.8. The summed E-state index contributed by atoms with van der Waals surface area (Å²) in [4.78, 5) is 21.9. The molecule has 1 rings (SSSR count). The van der Waals surface area contributed by atoms with Gasteiger partial charge in [0.15, 0.2) is 5.78 Å². The second kappa shape index (κ2) is 5.02. The van der Waals surface area contributed by atoms with Crippen molar-refractivity contribution in [3.63, 3.8) is 0 Å². The van der Waals surface area contributed by atoms with E-state index in [1.54, 1.807) is 0 Å². The lowest BCUT2D eigenvalue weighted by molar-refractivity contribution is -0.170. The quantitative estimate of drug-likeness (QED) is 0.484. The molecule has 1 aromatic rings. The molecule has 0 aromatic heterocycles. The van der Waals surface area contributed by atoms with E-state index in [0.717, 1.165) is 12.1 Å². The van der Waals surface area contributed by atoms with Crippen LogP contribution in [-0.4, -0.2) is 17.7 Å². The maximum atomic E-state index is 12.3. The topological polar surface area (TPSA) is 34.1 Å². The average Bonchev–Trinajstić information content (AvgIpc) is 2.26. The van der Waals surface area contributed by atoms with Gasteiger partial charge in [0.2, 0.25) is 5.78 Å². The minimum atomic E-state index is -5.18. The zero-order valence-corrected chi connectivity index (χ0v) is 9.10. The van der Waals surface area contributed by atoms with Crippen LogP contribution in [0.4, 0.5) is 26.3 Å². The molecule has 0 N–H and O–H groups in total. The molecule has 0 bridgehead atoms. The fourth-order valence-electron chi connectivity index (χ4n) is 1.22. The molecule has 0 aliphatic rings. The number of halogens is 6. The number of benzene rings is 1. The Kier molecular flexibility index (Phi) is 4.02. The van der Waals surface area contributed by atoms with Crippen LogP contribution in [0, 0.1) is 0 Å². The molecule has 0 radical (unpaired) electrons. The van der Waals surface area contributed by atoms with Gasteiger partial charge in [-0.25, -0.2) is 0 Å². The molecule has 0 saturated heterocycles. The van der Waals surface area contributed by atoms with E-state index in [1.165, 1.54) is 0 Å². The SMILES string of the molecule is O=C(CC(=O)C(F)(F)F)c1cccc(C(F)(F)F)c1. The molecule has 0 saturated carbocycles. The molecule has 0 heterocycles. The van der Waals surface area contributed by atoms with Crippen LogP contribution in [0.1, 0.15) is 22.3 Å². The summed E-state index contributed by atoms with van der Waals surface area (Å²) in [5.74, 6) is -3.61. The van der Waals surface area contributed by atoms with E-state index in [9.17, 15) is 35.9 Å². The van der Waals surface area contributed by atoms with E-state index in [4.69, 9.17) is 0 Å². The lowest BCUT2D eigenvalue weighted by Gasteiger charge is -2.08. The van der Waals surface area contributed by atoms with Crippen molar-refractivity contribution in [2.75, 3.05) is 0 Å². The first-order valence-electron chi connectivity index (χ1n) is 4.82. The molecule has 104 valence electrons. The lowest BCUT2D eigenvalue weighted by atomic mass is 10.0. The van der Waals surface area contributed by atoms with E-state index in [-0.39, 0.29) is 0 Å². The number of alkyl halides is 6. The summed E-state index contributed by atoms with van der Waals surface area (Å²) in [6.07, 6.45) is -11.4. The summed E-state index contributed by atoms with van der Waals surface area (Å²) in [5.41, 5.74) is -1.76. The molecule has 0 aliphatic heterocycles. The second-order valence-electron chi connectivity index (χ2n) is 3.60. The Hall–Kier alpha value is -1.86. The Labute approximate surface area is 103 Å². The number of ketones is 2. The maximum absolute atomic E-state index is 12.3. The van der Waals surface area contributed by atoms with Gasteiger partial charge in [-0.15, -0.1) is 0 Å². The lowest BCUT2D eigenvalue weighted by Crippen LogP contribution is -2.25. The standard InChI is InChI=1S/C11H6F6O2/c12-10(13,14)7-3-1-2-6(4-7)8(18)5-9(19)11(15,16)17/h1-4H,5H2. The third kappa shape index (κ3) is 4.08. The molecule has 19 heavy (non-hydrogen) atoms. The highest BCUT2D eigenvalue weighted by Gasteiger charge is 2.39. The predicted octanol–water partition coefficient (Wildman–Crippen LogP) is 3.41. The first-order valence-corrected chi connectivity index (χ1v) is 4.82. The first-order chi connectivity index (χ1) is 8.51. The highest BCUT2D eigenvalue weighted by atomic mass is 19.4. The Morgan fingerprint density at radius 1 is 1.00 bits per heavy atom. The van der Waals surface area contributed by atoms with Crippen molar-refractivity contribution in [3.8, 4) is 0 Å². The van der Waals surface area contributed by atoms with E-state index in [1.807, 2.05) is 0 Å². The normalized spacial score (nSPS) is 12.3. The van der Waals surface area contributed by atoms with Crippen molar-refractivity contribution in [1.82, 2.24) is 0 Å². The molecule has 0 unspecified atom stereocenters. The smallest absolute Gasteiger partial charge is 0.294 e. The molecule has 0 amide bonds. The van der Waals surface area contributed by atoms with Crippen LogP contribution in [-0.2, 0) is 11.0 Å². The number of hydrogen-bond acceptors (Lipinski definition) is 2. The van der Waals surface area contributed by atoms with E-state index in [2.05, 4.69) is 0 Å². The fraction of sp³-hybridized carbons (Fsp3) is 0.273. The van der Waals surface area contributed by atoms with Gasteiger partial charge in [0.05, 0.1) is 12.0 Å². The van der Waals surface area contributed by atoms with Gasteiger partial charge < -0.3 is 0 Å². The van der Waals surface area contributed by atoms with E-state index < -0.39 is 41.5 Å². The molecular weight excluding hydrogens is 278 g/mol. The van der Waals surface area contributed by atoms with Crippen molar-refractivity contribution in [3.05, 3.63) is 35.4 Å². The molecule has 8 heteroatoms. The summed E-state index contributed by atoms with van der Waals surface area (Å²) >= 11 is 0. The van der Waals surface area contributed by atoms with Gasteiger partial charge in [0.1, 0.15) is 0 Å². The average molecular weight is 284 g/mol. The highest BCUT2D eigenvalue weighted by molar-refractivity contribution is 6.09. The van der Waals surface area contributed by atoms with Gasteiger partial charge in [-0.3, -0.25) is 9.59 Å². The summed E-state index contributed by atoms with van der Waals surface area (Å²) in [6, 6.07) is 2.88. The number of carbonyl (C=O) groups is 2. The van der Waals surface area contributed by atoms with Crippen molar-refractivity contribution in [2.45, 2.75) is 18.8 Å². The van der Waals surface area contributed by atoms with Gasteiger partial charge in [-0.2, -0.15) is 26.3 Å². The van der Waals surface area contributed by atoms with Crippen LogP contribution in [0.3, 0.4) is 0 Å². The van der Waals surface area contributed by atoms with Gasteiger partial charge in [-0.1, -0.05) is 12.1 Å². The third-order valence-corrected chi connectivity index (χ3v) is 2.15. The van der Waals surface area contributed by atoms with Crippen molar-refractivity contribution in [1.29, 1.82) is 0 Å². The zero-order valence-electron chi connectivity index (χ0n) is 9.10. The molecule has 0 fully saturated rings. The summed E-state index contributed by atoms with van der Waals surface area (Å²) in [7, 11) is 0. The van der Waals surface area contributed by atoms with Gasteiger partial charge in [-0.05, 0) is 12.1 Å². The van der Waals surface area contributed by atoms with E-state index >= 15 is 0 Å². The molecule has 1 aromatic carbocycles. The van der Waals surface area contributed by atoms with Gasteiger partial charge in [0, 0.05) is 5.56 Å². The molecular formula is C11H6F6O2. The summed E-state index contributed by atoms with van der Waals surface area (Å²) in [6.45, 7) is 0. The Balaban J connectivity index is 2.93. The maximum Gasteiger partial charge on any atom is 0.450 e. The monoisotopic (exact) mass is 284 g/mol. The minimum absolute atomic E-state index is 0.409. The molecule has 0 atom stereocenters. The van der Waals surface area contributed by atoms with Crippen LogP contribution in [0.15, 0.2) is 24.3 Å². The Bertz CT molecular complexity index is 501. The van der Waals surface area contributed by atoms with Crippen LogP contribution in [0.25, 0.3) is 0 Å². The summed E-state index contributed by atoms with van der Waals surface area (Å²) in [5, 5.41) is 0. The van der Waals surface area contributed by atoms with Crippen molar-refractivity contribution in [2.24, 2.45) is 0 Å². The second-order valence-corrected chi connectivity index (χ2v) is 3.60.